The zero-order valence-corrected chi connectivity index (χ0v) is 8.83. The number of thiophene rings is 1. The van der Waals surface area contributed by atoms with Crippen molar-refractivity contribution < 1.29 is 4.42 Å². The first kappa shape index (κ1) is 8.72. The molecule has 0 unspecified atom stereocenters. The third-order valence-corrected chi connectivity index (χ3v) is 3.53. The second kappa shape index (κ2) is 3.23. The minimum atomic E-state index is 0.126. The summed E-state index contributed by atoms with van der Waals surface area (Å²) in [6, 6.07) is 2.79. The summed E-state index contributed by atoms with van der Waals surface area (Å²) >= 11 is 1.81. The van der Waals surface area contributed by atoms with Crippen LogP contribution in [0.2, 0.25) is 0 Å². The molecular weight excluding hydrogens is 212 g/mol. The second-order valence-electron chi connectivity index (χ2n) is 3.46. The predicted molar refractivity (Wildman–Crippen MR) is 57.8 cm³/mol. The van der Waals surface area contributed by atoms with Crippen molar-refractivity contribution in [3.63, 3.8) is 0 Å². The van der Waals surface area contributed by atoms with Crippen molar-refractivity contribution in [2.24, 2.45) is 0 Å². The van der Waals surface area contributed by atoms with Gasteiger partial charge in [0.25, 0.3) is 0 Å². The van der Waals surface area contributed by atoms with Crippen molar-refractivity contribution in [1.82, 2.24) is 10.2 Å². The molecule has 0 aliphatic carbocycles. The predicted octanol–water partition coefficient (Wildman–Crippen LogP) is 1.28. The molecule has 0 spiro atoms. The molecule has 2 aromatic rings. The average molecular weight is 222 g/mol. The highest BCUT2D eigenvalue weighted by atomic mass is 32.1. The van der Waals surface area contributed by atoms with E-state index in [1.54, 1.807) is 0 Å². The van der Waals surface area contributed by atoms with Crippen molar-refractivity contribution in [3.8, 4) is 0 Å². The molecule has 1 aliphatic heterocycles. The van der Waals surface area contributed by atoms with Gasteiger partial charge in [-0.05, 0) is 23.4 Å². The fourth-order valence-corrected chi connectivity index (χ4v) is 2.66. The molecule has 0 atom stereocenters. The van der Waals surface area contributed by atoms with Gasteiger partial charge in [-0.15, -0.1) is 11.3 Å². The highest BCUT2D eigenvalue weighted by molar-refractivity contribution is 7.10. The molecule has 0 aromatic carbocycles. The number of anilines is 2. The summed E-state index contributed by atoms with van der Waals surface area (Å²) in [5, 5.41) is 9.66. The molecule has 5 nitrogen and oxygen atoms in total. The summed E-state index contributed by atoms with van der Waals surface area (Å²) in [4.78, 5) is 3.51. The molecule has 0 amide bonds. The molecular formula is C9H10N4OS. The van der Waals surface area contributed by atoms with Crippen LogP contribution in [0.3, 0.4) is 0 Å². The molecule has 1 aliphatic rings. The van der Waals surface area contributed by atoms with E-state index in [0.29, 0.717) is 6.01 Å². The van der Waals surface area contributed by atoms with E-state index in [1.165, 1.54) is 10.4 Å². The normalized spacial score (nSPS) is 15.3. The van der Waals surface area contributed by atoms with E-state index in [9.17, 15) is 0 Å². The third kappa shape index (κ3) is 1.46. The lowest BCUT2D eigenvalue weighted by molar-refractivity contribution is 0.538. The van der Waals surface area contributed by atoms with Crippen LogP contribution in [0.15, 0.2) is 15.9 Å². The molecule has 6 heteroatoms. The van der Waals surface area contributed by atoms with Crippen LogP contribution in [-0.2, 0) is 13.0 Å². The van der Waals surface area contributed by atoms with Crippen LogP contribution in [0.5, 0.6) is 0 Å². The van der Waals surface area contributed by atoms with Crippen LogP contribution in [0.4, 0.5) is 12.0 Å². The van der Waals surface area contributed by atoms with E-state index >= 15 is 0 Å². The van der Waals surface area contributed by atoms with E-state index < -0.39 is 0 Å². The molecule has 0 fully saturated rings. The summed E-state index contributed by atoms with van der Waals surface area (Å²) in [6.45, 7) is 1.75. The SMILES string of the molecule is Nc1nnc(N2CCc3sccc3C2)o1. The number of nitrogens with zero attached hydrogens (tertiary/aromatic N) is 3. The molecule has 3 rings (SSSR count). The maximum absolute atomic E-state index is 5.40. The largest absolute Gasteiger partial charge is 0.390 e. The fourth-order valence-electron chi connectivity index (χ4n) is 1.77. The number of nitrogens with two attached hydrogens (primary N) is 1. The minimum absolute atomic E-state index is 0.126. The zero-order chi connectivity index (χ0) is 10.3. The third-order valence-electron chi connectivity index (χ3n) is 2.51. The number of hydrogen-bond acceptors (Lipinski definition) is 6. The van der Waals surface area contributed by atoms with Crippen LogP contribution in [0.25, 0.3) is 0 Å². The van der Waals surface area contributed by atoms with Gasteiger partial charge in [-0.25, -0.2) is 0 Å². The van der Waals surface area contributed by atoms with E-state index in [1.807, 2.05) is 11.3 Å². The van der Waals surface area contributed by atoms with Crippen LogP contribution < -0.4 is 10.6 Å². The number of aromatic nitrogens is 2. The monoisotopic (exact) mass is 222 g/mol. The molecule has 0 saturated heterocycles. The number of fused-ring (bicyclic) bond motifs is 1. The molecule has 15 heavy (non-hydrogen) atoms. The van der Waals surface area contributed by atoms with Gasteiger partial charge in [0.05, 0.1) is 0 Å². The summed E-state index contributed by atoms with van der Waals surface area (Å²) < 4.78 is 5.20. The van der Waals surface area contributed by atoms with E-state index in [4.69, 9.17) is 10.2 Å². The van der Waals surface area contributed by atoms with Crippen molar-refractivity contribution in [3.05, 3.63) is 21.9 Å². The van der Waals surface area contributed by atoms with Gasteiger partial charge < -0.3 is 15.1 Å². The van der Waals surface area contributed by atoms with Gasteiger partial charge in [0, 0.05) is 18.0 Å². The lowest BCUT2D eigenvalue weighted by Crippen LogP contribution is -2.29. The maximum Gasteiger partial charge on any atom is 0.319 e. The Balaban J connectivity index is 1.87. The van der Waals surface area contributed by atoms with E-state index in [0.717, 1.165) is 19.5 Å². The summed E-state index contributed by atoms with van der Waals surface area (Å²) in [7, 11) is 0. The Morgan fingerprint density at radius 2 is 2.40 bits per heavy atom. The summed E-state index contributed by atoms with van der Waals surface area (Å²) in [5.41, 5.74) is 6.75. The topological polar surface area (TPSA) is 68.2 Å². The Kier molecular flexibility index (Phi) is 1.88. The summed E-state index contributed by atoms with van der Waals surface area (Å²) in [5.74, 6) is 0. The molecule has 0 bridgehead atoms. The highest BCUT2D eigenvalue weighted by Crippen LogP contribution is 2.27. The summed E-state index contributed by atoms with van der Waals surface area (Å²) in [6.07, 6.45) is 1.04. The first-order chi connectivity index (χ1) is 7.33. The van der Waals surface area contributed by atoms with Crippen molar-refractivity contribution in [2.75, 3.05) is 17.2 Å². The zero-order valence-electron chi connectivity index (χ0n) is 8.01. The molecule has 2 N–H and O–H groups in total. The minimum Gasteiger partial charge on any atom is -0.390 e. The maximum atomic E-state index is 5.40. The van der Waals surface area contributed by atoms with Gasteiger partial charge in [0.2, 0.25) is 0 Å². The van der Waals surface area contributed by atoms with Crippen LogP contribution in [0.1, 0.15) is 10.4 Å². The average Bonchev–Trinajstić information content (AvgIpc) is 2.84. The number of nitrogen functional groups attached to an aromatic ring is 1. The van der Waals surface area contributed by atoms with Gasteiger partial charge in [-0.1, -0.05) is 10.2 Å². The number of rotatable bonds is 1. The Morgan fingerprint density at radius 3 is 3.20 bits per heavy atom. The molecule has 78 valence electrons. The van der Waals surface area contributed by atoms with Gasteiger partial charge in [0.1, 0.15) is 0 Å². The number of hydrogen-bond donors (Lipinski definition) is 1. The quantitative estimate of drug-likeness (QED) is 0.787. The van der Waals surface area contributed by atoms with Gasteiger partial charge >= 0.3 is 12.0 Å². The second-order valence-corrected chi connectivity index (χ2v) is 4.46. The molecule has 2 aromatic heterocycles. The lowest BCUT2D eigenvalue weighted by Gasteiger charge is -2.24. The fraction of sp³-hybridized carbons (Fsp3) is 0.333. The molecule has 0 radical (unpaired) electrons. The van der Waals surface area contributed by atoms with Gasteiger partial charge in [-0.2, -0.15) is 0 Å². The van der Waals surface area contributed by atoms with Crippen molar-refractivity contribution >= 4 is 23.4 Å². The Morgan fingerprint density at radius 1 is 1.47 bits per heavy atom. The van der Waals surface area contributed by atoms with Gasteiger partial charge in [0.15, 0.2) is 0 Å². The first-order valence-electron chi connectivity index (χ1n) is 4.72. The lowest BCUT2D eigenvalue weighted by atomic mass is 10.1. The highest BCUT2D eigenvalue weighted by Gasteiger charge is 2.20. The molecule has 3 heterocycles. The van der Waals surface area contributed by atoms with Gasteiger partial charge in [-0.3, -0.25) is 0 Å². The van der Waals surface area contributed by atoms with Crippen LogP contribution >= 0.6 is 11.3 Å². The van der Waals surface area contributed by atoms with Crippen LogP contribution in [0, 0.1) is 0 Å². The molecule has 0 saturated carbocycles. The Labute approximate surface area is 90.5 Å². The van der Waals surface area contributed by atoms with Crippen molar-refractivity contribution in [1.29, 1.82) is 0 Å². The smallest absolute Gasteiger partial charge is 0.319 e. The van der Waals surface area contributed by atoms with E-state index in [-0.39, 0.29) is 6.01 Å². The van der Waals surface area contributed by atoms with E-state index in [2.05, 4.69) is 26.5 Å². The van der Waals surface area contributed by atoms with Crippen LogP contribution in [-0.4, -0.2) is 16.7 Å². The standard InChI is InChI=1S/C9H10N4OS/c10-8-11-12-9(14-8)13-3-1-7-6(5-13)2-4-15-7/h2,4H,1,3,5H2,(H2,10,11). The Bertz CT molecular complexity index is 478. The first-order valence-corrected chi connectivity index (χ1v) is 5.60. The Hall–Kier alpha value is -1.56. The van der Waals surface area contributed by atoms with Crippen molar-refractivity contribution in [2.45, 2.75) is 13.0 Å².